The van der Waals surface area contributed by atoms with Gasteiger partial charge in [-0.25, -0.2) is 0 Å². The molecule has 3 nitrogen and oxygen atoms in total. The molecule has 0 fully saturated rings. The van der Waals surface area contributed by atoms with E-state index in [-0.39, 0.29) is 6.42 Å². The topological polar surface area (TPSA) is 49.3 Å². The first-order valence-corrected chi connectivity index (χ1v) is 5.93. The highest BCUT2D eigenvalue weighted by Crippen LogP contribution is 2.16. The van der Waals surface area contributed by atoms with E-state index >= 15 is 0 Å². The van der Waals surface area contributed by atoms with E-state index in [2.05, 4.69) is 17.2 Å². The van der Waals surface area contributed by atoms with Crippen LogP contribution in [-0.2, 0) is 17.8 Å². The predicted octanol–water partition coefficient (Wildman–Crippen LogP) is 1.88. The third-order valence-electron chi connectivity index (χ3n) is 1.95. The molecular formula is C12H15NO2S. The minimum absolute atomic E-state index is 0.117. The zero-order chi connectivity index (χ0) is 11.8. The normalized spacial score (nSPS) is 9.56. The first kappa shape index (κ1) is 12.8. The second-order valence-electron chi connectivity index (χ2n) is 3.29. The maximum atomic E-state index is 10.5. The number of nitrogens with one attached hydrogen (secondary N) is 1. The highest BCUT2D eigenvalue weighted by molar-refractivity contribution is 7.12. The number of thiophene rings is 1. The highest BCUT2D eigenvalue weighted by Gasteiger charge is 2.03. The number of carboxylic acid groups (broad SMARTS) is 1. The molecule has 0 bridgehead atoms. The molecule has 0 spiro atoms. The Kier molecular flexibility index (Phi) is 5.62. The summed E-state index contributed by atoms with van der Waals surface area (Å²) in [5.74, 6) is 5.04. The summed E-state index contributed by atoms with van der Waals surface area (Å²) < 4.78 is 0. The third-order valence-corrected chi connectivity index (χ3v) is 3.03. The van der Waals surface area contributed by atoms with Crippen molar-refractivity contribution in [3.05, 3.63) is 21.9 Å². The smallest absolute Gasteiger partial charge is 0.308 e. The largest absolute Gasteiger partial charge is 0.481 e. The molecule has 0 atom stereocenters. The Labute approximate surface area is 99.5 Å². The first-order valence-electron chi connectivity index (χ1n) is 5.12. The predicted molar refractivity (Wildman–Crippen MR) is 65.4 cm³/mol. The summed E-state index contributed by atoms with van der Waals surface area (Å²) in [7, 11) is 0. The fraction of sp³-hybridized carbons (Fsp3) is 0.417. The Hall–Kier alpha value is -1.31. The van der Waals surface area contributed by atoms with Crippen molar-refractivity contribution in [2.45, 2.75) is 26.3 Å². The van der Waals surface area contributed by atoms with E-state index < -0.39 is 5.97 Å². The van der Waals surface area contributed by atoms with E-state index in [0.717, 1.165) is 24.4 Å². The number of hydrogen-bond acceptors (Lipinski definition) is 3. The Morgan fingerprint density at radius 1 is 1.50 bits per heavy atom. The van der Waals surface area contributed by atoms with E-state index in [1.807, 2.05) is 19.1 Å². The third kappa shape index (κ3) is 4.96. The van der Waals surface area contributed by atoms with Crippen LogP contribution in [0, 0.1) is 11.8 Å². The van der Waals surface area contributed by atoms with Crippen LogP contribution >= 0.6 is 11.3 Å². The average Bonchev–Trinajstić information content (AvgIpc) is 2.64. The van der Waals surface area contributed by atoms with Gasteiger partial charge in [0, 0.05) is 29.3 Å². The second kappa shape index (κ2) is 7.04. The lowest BCUT2D eigenvalue weighted by atomic mass is 10.3. The molecule has 4 heteroatoms. The molecule has 0 unspecified atom stereocenters. The molecule has 0 radical (unpaired) electrons. The number of rotatable bonds is 6. The Balaban J connectivity index is 2.28. The van der Waals surface area contributed by atoms with Crippen molar-refractivity contribution in [3.63, 3.8) is 0 Å². The average molecular weight is 237 g/mol. The van der Waals surface area contributed by atoms with Gasteiger partial charge in [-0.2, -0.15) is 0 Å². The van der Waals surface area contributed by atoms with Gasteiger partial charge in [-0.15, -0.1) is 23.2 Å². The van der Waals surface area contributed by atoms with Crippen LogP contribution in [0.1, 0.15) is 23.1 Å². The number of aliphatic carboxylic acids is 1. The van der Waals surface area contributed by atoms with Gasteiger partial charge >= 0.3 is 5.97 Å². The monoisotopic (exact) mass is 237 g/mol. The van der Waals surface area contributed by atoms with Gasteiger partial charge in [-0.05, 0) is 19.1 Å². The van der Waals surface area contributed by atoms with Crippen molar-refractivity contribution in [2.75, 3.05) is 6.54 Å². The van der Waals surface area contributed by atoms with Gasteiger partial charge in [0.2, 0.25) is 0 Å². The molecule has 1 aromatic heterocycles. The van der Waals surface area contributed by atoms with Gasteiger partial charge in [0.1, 0.15) is 0 Å². The van der Waals surface area contributed by atoms with Gasteiger partial charge in [-0.3, -0.25) is 4.79 Å². The van der Waals surface area contributed by atoms with Gasteiger partial charge in [0.15, 0.2) is 0 Å². The number of hydrogen-bond donors (Lipinski definition) is 2. The van der Waals surface area contributed by atoms with Crippen LogP contribution in [0.3, 0.4) is 0 Å². The van der Waals surface area contributed by atoms with Gasteiger partial charge in [0.25, 0.3) is 0 Å². The molecule has 0 saturated carbocycles. The van der Waals surface area contributed by atoms with Crippen LogP contribution < -0.4 is 5.32 Å². The van der Waals surface area contributed by atoms with Crippen LogP contribution in [0.2, 0.25) is 0 Å². The standard InChI is InChI=1S/C12H15NO2S/c1-2-3-4-7-13-9-11-6-5-10(16-11)8-12(14)15/h5-6,13H,4,7-9H2,1H3,(H,14,15). The molecule has 0 aliphatic carbocycles. The van der Waals surface area contributed by atoms with Gasteiger partial charge < -0.3 is 10.4 Å². The van der Waals surface area contributed by atoms with Crippen LogP contribution in [0.5, 0.6) is 0 Å². The molecule has 0 aliphatic rings. The van der Waals surface area contributed by atoms with Gasteiger partial charge in [0.05, 0.1) is 6.42 Å². The molecule has 1 rings (SSSR count). The molecule has 2 N–H and O–H groups in total. The fourth-order valence-electron chi connectivity index (χ4n) is 1.25. The summed E-state index contributed by atoms with van der Waals surface area (Å²) in [5, 5.41) is 11.9. The van der Waals surface area contributed by atoms with Crippen LogP contribution in [-0.4, -0.2) is 17.6 Å². The molecule has 0 saturated heterocycles. The SMILES string of the molecule is CC#CCCNCc1ccc(CC(=O)O)s1. The van der Waals surface area contributed by atoms with E-state index in [4.69, 9.17) is 5.11 Å². The number of carbonyl (C=O) groups is 1. The van der Waals surface area contributed by atoms with Crippen molar-refractivity contribution in [1.29, 1.82) is 0 Å². The van der Waals surface area contributed by atoms with E-state index in [1.165, 1.54) is 4.88 Å². The van der Waals surface area contributed by atoms with E-state index in [9.17, 15) is 4.79 Å². The maximum Gasteiger partial charge on any atom is 0.308 e. The summed E-state index contributed by atoms with van der Waals surface area (Å²) in [6.07, 6.45) is 0.968. The molecule has 0 aliphatic heterocycles. The quantitative estimate of drug-likeness (QED) is 0.586. The Morgan fingerprint density at radius 2 is 2.25 bits per heavy atom. The minimum atomic E-state index is -0.778. The molecule has 1 aromatic rings. The highest BCUT2D eigenvalue weighted by atomic mass is 32.1. The van der Waals surface area contributed by atoms with Crippen molar-refractivity contribution in [1.82, 2.24) is 5.32 Å². The maximum absolute atomic E-state index is 10.5. The van der Waals surface area contributed by atoms with Crippen molar-refractivity contribution in [2.24, 2.45) is 0 Å². The lowest BCUT2D eigenvalue weighted by Gasteiger charge is -1.98. The zero-order valence-electron chi connectivity index (χ0n) is 9.25. The molecule has 16 heavy (non-hydrogen) atoms. The van der Waals surface area contributed by atoms with E-state index in [0.29, 0.717) is 0 Å². The van der Waals surface area contributed by atoms with Gasteiger partial charge in [-0.1, -0.05) is 0 Å². The molecular weight excluding hydrogens is 222 g/mol. The Morgan fingerprint density at radius 3 is 2.94 bits per heavy atom. The summed E-state index contributed by atoms with van der Waals surface area (Å²) in [4.78, 5) is 12.6. The first-order chi connectivity index (χ1) is 7.72. The zero-order valence-corrected chi connectivity index (χ0v) is 10.1. The van der Waals surface area contributed by atoms with Crippen molar-refractivity contribution >= 4 is 17.3 Å². The molecule has 0 aromatic carbocycles. The second-order valence-corrected chi connectivity index (χ2v) is 4.54. The lowest BCUT2D eigenvalue weighted by Crippen LogP contribution is -2.13. The fourth-order valence-corrected chi connectivity index (χ4v) is 2.23. The Bertz CT molecular complexity index is 401. The number of carboxylic acids is 1. The summed E-state index contributed by atoms with van der Waals surface area (Å²) in [6.45, 7) is 3.49. The van der Waals surface area contributed by atoms with Crippen molar-refractivity contribution in [3.8, 4) is 11.8 Å². The molecule has 0 amide bonds. The summed E-state index contributed by atoms with van der Waals surface area (Å²) in [5.41, 5.74) is 0. The molecule has 1 heterocycles. The summed E-state index contributed by atoms with van der Waals surface area (Å²) >= 11 is 1.55. The van der Waals surface area contributed by atoms with Crippen molar-refractivity contribution < 1.29 is 9.90 Å². The van der Waals surface area contributed by atoms with E-state index in [1.54, 1.807) is 11.3 Å². The van der Waals surface area contributed by atoms with Crippen LogP contribution in [0.15, 0.2) is 12.1 Å². The summed E-state index contributed by atoms with van der Waals surface area (Å²) in [6, 6.07) is 3.85. The van der Waals surface area contributed by atoms with Crippen LogP contribution in [0.4, 0.5) is 0 Å². The van der Waals surface area contributed by atoms with Crippen LogP contribution in [0.25, 0.3) is 0 Å². The molecule has 86 valence electrons. The minimum Gasteiger partial charge on any atom is -0.481 e. The lowest BCUT2D eigenvalue weighted by molar-refractivity contribution is -0.136.